The van der Waals surface area contributed by atoms with E-state index in [2.05, 4.69) is 47.4 Å². The van der Waals surface area contributed by atoms with E-state index in [4.69, 9.17) is 9.47 Å². The number of rotatable bonds is 10. The molecule has 1 atom stereocenters. The highest BCUT2D eigenvalue weighted by Gasteiger charge is 2.27. The average molecular weight is 571 g/mol. The molecule has 222 valence electrons. The van der Waals surface area contributed by atoms with Crippen LogP contribution in [0.5, 0.6) is 5.75 Å². The van der Waals surface area contributed by atoms with Crippen LogP contribution < -0.4 is 4.74 Å². The molecule has 2 fully saturated rings. The molecule has 7 heteroatoms. The standard InChI is InChI=1S/C35H42N2O5/c1-2-41-35(40)29-17-21-37(22-18-29)34(39)14-13-28-8-5-6-10-33(28)42-25-32(38)24-36-19-15-27(16-20-36)31-12-11-26-7-3-4-9-30(26)23-31/h3-14,23,27,29,32,38H,2,15-22,24-25H2,1H3/t32-/m0/s1. The van der Waals surface area contributed by atoms with E-state index in [-0.39, 0.29) is 24.4 Å². The lowest BCUT2D eigenvalue weighted by molar-refractivity contribution is -0.150. The Bertz CT molecular complexity index is 1370. The molecule has 0 spiro atoms. The van der Waals surface area contributed by atoms with Gasteiger partial charge in [0.05, 0.1) is 12.5 Å². The van der Waals surface area contributed by atoms with E-state index in [1.807, 2.05) is 24.3 Å². The van der Waals surface area contributed by atoms with Crippen LogP contribution in [0.25, 0.3) is 16.8 Å². The predicted molar refractivity (Wildman–Crippen MR) is 165 cm³/mol. The molecule has 0 saturated carbocycles. The van der Waals surface area contributed by atoms with Crippen LogP contribution in [0.15, 0.2) is 72.8 Å². The summed E-state index contributed by atoms with van der Waals surface area (Å²) in [6.07, 6.45) is 6.11. The number of aliphatic hydroxyl groups excluding tert-OH is 1. The first-order valence-corrected chi connectivity index (χ1v) is 15.2. The number of carbonyl (C=O) groups excluding carboxylic acids is 2. The average Bonchev–Trinajstić information content (AvgIpc) is 3.03. The third-order valence-corrected chi connectivity index (χ3v) is 8.48. The molecule has 0 aliphatic carbocycles. The quantitative estimate of drug-likeness (QED) is 0.264. The molecule has 2 heterocycles. The van der Waals surface area contributed by atoms with Gasteiger partial charge in [-0.3, -0.25) is 9.59 Å². The first kappa shape index (κ1) is 29.8. The lowest BCUT2D eigenvalue weighted by atomic mass is 9.88. The number of hydrogen-bond donors (Lipinski definition) is 1. The number of amides is 1. The normalized spacial score (nSPS) is 17.9. The Balaban J connectivity index is 1.07. The highest BCUT2D eigenvalue weighted by molar-refractivity contribution is 5.92. The summed E-state index contributed by atoms with van der Waals surface area (Å²) in [5.74, 6) is 0.800. The number of piperidine rings is 2. The van der Waals surface area contributed by atoms with Crippen molar-refractivity contribution in [3.63, 3.8) is 0 Å². The number of carbonyl (C=O) groups is 2. The Morgan fingerprint density at radius 3 is 2.40 bits per heavy atom. The van der Waals surface area contributed by atoms with Gasteiger partial charge in [-0.25, -0.2) is 0 Å². The molecule has 3 aromatic carbocycles. The number of para-hydroxylation sites is 1. The van der Waals surface area contributed by atoms with Crippen LogP contribution in [-0.4, -0.2) is 78.8 Å². The minimum atomic E-state index is -0.610. The molecule has 42 heavy (non-hydrogen) atoms. The topological polar surface area (TPSA) is 79.3 Å². The van der Waals surface area contributed by atoms with Gasteiger partial charge < -0.3 is 24.4 Å². The maximum Gasteiger partial charge on any atom is 0.309 e. The molecule has 2 aliphatic rings. The van der Waals surface area contributed by atoms with Crippen molar-refractivity contribution in [1.82, 2.24) is 9.80 Å². The Hall–Kier alpha value is -3.68. The molecular weight excluding hydrogens is 528 g/mol. The minimum absolute atomic E-state index is 0.0840. The molecule has 2 aliphatic heterocycles. The third-order valence-electron chi connectivity index (χ3n) is 8.48. The van der Waals surface area contributed by atoms with Gasteiger partial charge in [-0.2, -0.15) is 0 Å². The number of aliphatic hydroxyl groups is 1. The number of fused-ring (bicyclic) bond motifs is 1. The SMILES string of the molecule is CCOC(=O)C1CCN(C(=O)C=Cc2ccccc2OC[C@@H](O)CN2CCC(c3ccc4ccccc4c3)CC2)CC1. The number of nitrogens with zero attached hydrogens (tertiary/aromatic N) is 2. The van der Waals surface area contributed by atoms with E-state index < -0.39 is 6.10 Å². The number of esters is 1. The maximum atomic E-state index is 12.8. The second-order valence-electron chi connectivity index (χ2n) is 11.4. The smallest absolute Gasteiger partial charge is 0.309 e. The Kier molecular flexibility index (Phi) is 10.3. The Morgan fingerprint density at radius 1 is 0.929 bits per heavy atom. The molecule has 1 amide bonds. The lowest BCUT2D eigenvalue weighted by Crippen LogP contribution is -2.40. The van der Waals surface area contributed by atoms with Crippen LogP contribution in [0.1, 0.15) is 49.7 Å². The van der Waals surface area contributed by atoms with Gasteiger partial charge in [0.25, 0.3) is 0 Å². The molecule has 1 N–H and O–H groups in total. The van der Waals surface area contributed by atoms with Crippen LogP contribution in [0, 0.1) is 5.92 Å². The van der Waals surface area contributed by atoms with Crippen molar-refractivity contribution in [1.29, 1.82) is 0 Å². The molecule has 0 bridgehead atoms. The van der Waals surface area contributed by atoms with Crippen LogP contribution in [-0.2, 0) is 14.3 Å². The van der Waals surface area contributed by atoms with E-state index >= 15 is 0 Å². The van der Waals surface area contributed by atoms with Gasteiger partial charge in [0, 0.05) is 31.3 Å². The zero-order valence-electron chi connectivity index (χ0n) is 24.5. The maximum absolute atomic E-state index is 12.8. The van der Waals surface area contributed by atoms with Gasteiger partial charge in [-0.15, -0.1) is 0 Å². The monoisotopic (exact) mass is 570 g/mol. The second kappa shape index (κ2) is 14.5. The first-order chi connectivity index (χ1) is 20.5. The van der Waals surface area contributed by atoms with Crippen molar-refractivity contribution in [3.8, 4) is 5.75 Å². The Labute approximate surface area is 248 Å². The first-order valence-electron chi connectivity index (χ1n) is 15.2. The fourth-order valence-corrected chi connectivity index (χ4v) is 6.06. The summed E-state index contributed by atoms with van der Waals surface area (Å²) < 4.78 is 11.1. The number of hydrogen-bond acceptors (Lipinski definition) is 6. The van der Waals surface area contributed by atoms with Gasteiger partial charge in [0.1, 0.15) is 18.5 Å². The van der Waals surface area contributed by atoms with Crippen LogP contribution in [0.3, 0.4) is 0 Å². The highest BCUT2D eigenvalue weighted by Crippen LogP contribution is 2.30. The third kappa shape index (κ3) is 7.78. The van der Waals surface area contributed by atoms with E-state index in [9.17, 15) is 14.7 Å². The molecule has 5 rings (SSSR count). The van der Waals surface area contributed by atoms with Gasteiger partial charge >= 0.3 is 5.97 Å². The predicted octanol–water partition coefficient (Wildman–Crippen LogP) is 5.27. The molecule has 3 aromatic rings. The van der Waals surface area contributed by atoms with Crippen LogP contribution in [0.2, 0.25) is 0 Å². The number of benzene rings is 3. The molecule has 2 saturated heterocycles. The summed E-state index contributed by atoms with van der Waals surface area (Å²) in [6.45, 7) is 5.92. The summed E-state index contributed by atoms with van der Waals surface area (Å²) in [5.41, 5.74) is 2.19. The van der Waals surface area contributed by atoms with Crippen molar-refractivity contribution in [2.75, 3.05) is 45.9 Å². The van der Waals surface area contributed by atoms with Gasteiger partial charge in [0.15, 0.2) is 0 Å². The number of ether oxygens (including phenoxy) is 2. The molecule has 7 nitrogen and oxygen atoms in total. The lowest BCUT2D eigenvalue weighted by Gasteiger charge is -2.33. The number of β-amino-alcohol motifs (C(OH)–C–C–N with tert-alkyl or cyclic N) is 1. The van der Waals surface area contributed by atoms with Crippen molar-refractivity contribution in [2.24, 2.45) is 5.92 Å². The minimum Gasteiger partial charge on any atom is -0.490 e. The number of likely N-dealkylation sites (tertiary alicyclic amines) is 2. The summed E-state index contributed by atoms with van der Waals surface area (Å²) >= 11 is 0. The van der Waals surface area contributed by atoms with Gasteiger partial charge in [-0.05, 0) is 80.1 Å². The summed E-state index contributed by atoms with van der Waals surface area (Å²) in [4.78, 5) is 28.8. The summed E-state index contributed by atoms with van der Waals surface area (Å²) in [7, 11) is 0. The van der Waals surface area contributed by atoms with Crippen LogP contribution in [0.4, 0.5) is 0 Å². The van der Waals surface area contributed by atoms with E-state index in [1.54, 1.807) is 24.0 Å². The van der Waals surface area contributed by atoms with Crippen LogP contribution >= 0.6 is 0 Å². The van der Waals surface area contributed by atoms with E-state index in [1.165, 1.54) is 16.3 Å². The molecule has 0 aromatic heterocycles. The molecular formula is C35H42N2O5. The zero-order valence-corrected chi connectivity index (χ0v) is 24.5. The van der Waals surface area contributed by atoms with Crippen molar-refractivity contribution < 1.29 is 24.2 Å². The van der Waals surface area contributed by atoms with Gasteiger partial charge in [0.2, 0.25) is 5.91 Å². The van der Waals surface area contributed by atoms with Crippen molar-refractivity contribution >= 4 is 28.7 Å². The van der Waals surface area contributed by atoms with E-state index in [0.717, 1.165) is 31.5 Å². The summed E-state index contributed by atoms with van der Waals surface area (Å²) in [5, 5.41) is 13.3. The Morgan fingerprint density at radius 2 is 1.64 bits per heavy atom. The zero-order chi connectivity index (χ0) is 29.3. The van der Waals surface area contributed by atoms with E-state index in [0.29, 0.717) is 50.8 Å². The molecule has 0 unspecified atom stereocenters. The van der Waals surface area contributed by atoms with Crippen molar-refractivity contribution in [2.45, 2.75) is 44.6 Å². The largest absolute Gasteiger partial charge is 0.490 e. The summed E-state index contributed by atoms with van der Waals surface area (Å²) in [6, 6.07) is 22.8. The fourth-order valence-electron chi connectivity index (χ4n) is 6.06. The van der Waals surface area contributed by atoms with Gasteiger partial charge in [-0.1, -0.05) is 60.7 Å². The highest BCUT2D eigenvalue weighted by atomic mass is 16.5. The fraction of sp³-hybridized carbons (Fsp3) is 0.429. The molecule has 0 radical (unpaired) electrons. The second-order valence-corrected chi connectivity index (χ2v) is 11.4. The van der Waals surface area contributed by atoms with Crippen molar-refractivity contribution in [3.05, 3.63) is 83.9 Å².